The van der Waals surface area contributed by atoms with E-state index in [0.29, 0.717) is 18.7 Å². The topological polar surface area (TPSA) is 57.7 Å². The van der Waals surface area contributed by atoms with Crippen LogP contribution in [0.1, 0.15) is 49.9 Å². The number of amides is 1. The molecule has 0 aliphatic carbocycles. The van der Waals surface area contributed by atoms with Crippen molar-refractivity contribution in [2.45, 2.75) is 44.4 Å². The fourth-order valence-electron chi connectivity index (χ4n) is 2.19. The minimum atomic E-state index is -3.55. The first-order valence-electron chi connectivity index (χ1n) is 8.16. The summed E-state index contributed by atoms with van der Waals surface area (Å²) in [6.45, 7) is 5.24. The highest BCUT2D eigenvalue weighted by molar-refractivity contribution is 7.89. The Balaban J connectivity index is 2.97. The van der Waals surface area contributed by atoms with Crippen LogP contribution in [0.2, 0.25) is 0 Å². The molecule has 0 aliphatic rings. The van der Waals surface area contributed by atoms with Gasteiger partial charge >= 0.3 is 0 Å². The number of hydrogen-bond acceptors (Lipinski definition) is 3. The van der Waals surface area contributed by atoms with Crippen molar-refractivity contribution in [1.29, 1.82) is 0 Å². The lowest BCUT2D eigenvalue weighted by atomic mass is 10.2. The van der Waals surface area contributed by atoms with Crippen LogP contribution in [0, 0.1) is 0 Å². The zero-order chi connectivity index (χ0) is 17.5. The predicted octanol–water partition coefficient (Wildman–Crippen LogP) is 2.98. The van der Waals surface area contributed by atoms with Crippen molar-refractivity contribution in [3.63, 3.8) is 0 Å². The SMILES string of the molecule is CCCCN(C)C(=O)c1cccc(S(=O)(=O)N(C)CCCC)c1. The quantitative estimate of drug-likeness (QED) is 0.694. The lowest BCUT2D eigenvalue weighted by molar-refractivity contribution is 0.0793. The van der Waals surface area contributed by atoms with E-state index in [1.54, 1.807) is 37.2 Å². The largest absolute Gasteiger partial charge is 0.342 e. The molecule has 1 aromatic rings. The molecule has 0 radical (unpaired) electrons. The number of unbranched alkanes of at least 4 members (excludes halogenated alkanes) is 2. The van der Waals surface area contributed by atoms with Crippen LogP contribution in [0.25, 0.3) is 0 Å². The van der Waals surface area contributed by atoms with Crippen molar-refractivity contribution < 1.29 is 13.2 Å². The smallest absolute Gasteiger partial charge is 0.253 e. The summed E-state index contributed by atoms with van der Waals surface area (Å²) in [7, 11) is -0.228. The van der Waals surface area contributed by atoms with E-state index in [2.05, 4.69) is 6.92 Å². The van der Waals surface area contributed by atoms with E-state index in [1.165, 1.54) is 10.4 Å². The van der Waals surface area contributed by atoms with E-state index in [9.17, 15) is 13.2 Å². The zero-order valence-electron chi connectivity index (χ0n) is 14.6. The van der Waals surface area contributed by atoms with Gasteiger partial charge in [0.2, 0.25) is 10.0 Å². The highest BCUT2D eigenvalue weighted by Crippen LogP contribution is 2.17. The summed E-state index contributed by atoms with van der Waals surface area (Å²) in [5.41, 5.74) is 0.411. The summed E-state index contributed by atoms with van der Waals surface area (Å²) >= 11 is 0. The first-order valence-corrected chi connectivity index (χ1v) is 9.60. The van der Waals surface area contributed by atoms with Crippen LogP contribution in [0.15, 0.2) is 29.2 Å². The summed E-state index contributed by atoms with van der Waals surface area (Å²) in [6, 6.07) is 6.31. The molecule has 0 saturated heterocycles. The van der Waals surface area contributed by atoms with Crippen LogP contribution in [0.5, 0.6) is 0 Å². The molecule has 1 rings (SSSR count). The Kier molecular flexibility index (Phi) is 7.72. The van der Waals surface area contributed by atoms with E-state index in [4.69, 9.17) is 0 Å². The molecule has 130 valence electrons. The lowest BCUT2D eigenvalue weighted by Gasteiger charge is -2.19. The van der Waals surface area contributed by atoms with Crippen LogP contribution >= 0.6 is 0 Å². The average molecular weight is 340 g/mol. The van der Waals surface area contributed by atoms with Gasteiger partial charge in [-0.25, -0.2) is 12.7 Å². The van der Waals surface area contributed by atoms with Gasteiger partial charge in [0.25, 0.3) is 5.91 Å². The van der Waals surface area contributed by atoms with Gasteiger partial charge in [-0.1, -0.05) is 32.8 Å². The van der Waals surface area contributed by atoms with Crippen molar-refractivity contribution in [3.05, 3.63) is 29.8 Å². The molecular formula is C17H28N2O3S. The summed E-state index contributed by atoms with van der Waals surface area (Å²) in [5.74, 6) is -0.147. The molecule has 23 heavy (non-hydrogen) atoms. The molecule has 0 aliphatic heterocycles. The summed E-state index contributed by atoms with van der Waals surface area (Å²) in [5, 5.41) is 0. The van der Waals surface area contributed by atoms with Gasteiger partial charge in [-0.15, -0.1) is 0 Å². The Labute approximate surface area is 140 Å². The summed E-state index contributed by atoms with van der Waals surface area (Å²) in [6.07, 6.45) is 3.68. The number of sulfonamides is 1. The molecule has 0 atom stereocenters. The van der Waals surface area contributed by atoms with Crippen molar-refractivity contribution in [2.24, 2.45) is 0 Å². The van der Waals surface area contributed by atoms with Crippen molar-refractivity contribution in [1.82, 2.24) is 9.21 Å². The van der Waals surface area contributed by atoms with Gasteiger partial charge in [-0.2, -0.15) is 0 Å². The molecular weight excluding hydrogens is 312 g/mol. The van der Waals surface area contributed by atoms with Gasteiger partial charge < -0.3 is 4.90 Å². The first kappa shape index (κ1) is 19.6. The number of carbonyl (C=O) groups excluding carboxylic acids is 1. The highest BCUT2D eigenvalue weighted by Gasteiger charge is 2.22. The maximum absolute atomic E-state index is 12.6. The molecule has 0 bridgehead atoms. The Morgan fingerprint density at radius 1 is 1.04 bits per heavy atom. The van der Waals surface area contributed by atoms with Crippen LogP contribution in [0.4, 0.5) is 0 Å². The van der Waals surface area contributed by atoms with Crippen LogP contribution in [-0.2, 0) is 10.0 Å². The minimum Gasteiger partial charge on any atom is -0.342 e. The number of nitrogens with zero attached hydrogens (tertiary/aromatic N) is 2. The number of rotatable bonds is 9. The Bertz CT molecular complexity index is 614. The molecule has 5 nitrogen and oxygen atoms in total. The fourth-order valence-corrected chi connectivity index (χ4v) is 3.44. The molecule has 0 heterocycles. The third kappa shape index (κ3) is 5.32. The average Bonchev–Trinajstić information content (AvgIpc) is 2.56. The van der Waals surface area contributed by atoms with Gasteiger partial charge in [0.1, 0.15) is 0 Å². The van der Waals surface area contributed by atoms with Gasteiger partial charge in [-0.05, 0) is 31.0 Å². The molecule has 1 aromatic carbocycles. The normalized spacial score (nSPS) is 11.7. The van der Waals surface area contributed by atoms with E-state index in [1.807, 2.05) is 6.92 Å². The number of hydrogen-bond donors (Lipinski definition) is 0. The Morgan fingerprint density at radius 3 is 2.26 bits per heavy atom. The zero-order valence-corrected chi connectivity index (χ0v) is 15.4. The standard InChI is InChI=1S/C17H28N2O3S/c1-5-7-12-18(3)17(20)15-10-9-11-16(14-15)23(21,22)19(4)13-8-6-2/h9-11,14H,5-8,12-13H2,1-4H3. The lowest BCUT2D eigenvalue weighted by Crippen LogP contribution is -2.29. The van der Waals surface area contributed by atoms with E-state index < -0.39 is 10.0 Å². The number of carbonyl (C=O) groups is 1. The second kappa shape index (κ2) is 9.03. The third-order valence-corrected chi connectivity index (χ3v) is 5.66. The molecule has 1 amide bonds. The number of benzene rings is 1. The van der Waals surface area contributed by atoms with Crippen LogP contribution < -0.4 is 0 Å². The van der Waals surface area contributed by atoms with Crippen molar-refractivity contribution in [3.8, 4) is 0 Å². The fraction of sp³-hybridized carbons (Fsp3) is 0.588. The van der Waals surface area contributed by atoms with E-state index in [-0.39, 0.29) is 10.8 Å². The minimum absolute atomic E-state index is 0.147. The molecule has 0 aromatic heterocycles. The summed E-state index contributed by atoms with van der Waals surface area (Å²) in [4.78, 5) is 14.2. The Morgan fingerprint density at radius 2 is 1.65 bits per heavy atom. The monoisotopic (exact) mass is 340 g/mol. The highest BCUT2D eigenvalue weighted by atomic mass is 32.2. The Hall–Kier alpha value is -1.40. The molecule has 0 saturated carbocycles. The first-order chi connectivity index (χ1) is 10.8. The molecule has 0 unspecified atom stereocenters. The van der Waals surface area contributed by atoms with Gasteiger partial charge in [0.15, 0.2) is 0 Å². The predicted molar refractivity (Wildman–Crippen MR) is 93.0 cm³/mol. The van der Waals surface area contributed by atoms with Crippen LogP contribution in [-0.4, -0.2) is 50.7 Å². The second-order valence-electron chi connectivity index (χ2n) is 5.79. The molecule has 6 heteroatoms. The van der Waals surface area contributed by atoms with Crippen LogP contribution in [0.3, 0.4) is 0 Å². The van der Waals surface area contributed by atoms with Crippen molar-refractivity contribution in [2.75, 3.05) is 27.2 Å². The van der Waals surface area contributed by atoms with E-state index >= 15 is 0 Å². The molecule has 0 N–H and O–H groups in total. The second-order valence-corrected chi connectivity index (χ2v) is 7.83. The van der Waals surface area contributed by atoms with Gasteiger partial charge in [0, 0.05) is 32.7 Å². The molecule has 0 fully saturated rings. The van der Waals surface area contributed by atoms with Gasteiger partial charge in [-0.3, -0.25) is 4.79 Å². The molecule has 0 spiro atoms. The van der Waals surface area contributed by atoms with Crippen molar-refractivity contribution >= 4 is 15.9 Å². The maximum atomic E-state index is 12.6. The maximum Gasteiger partial charge on any atom is 0.253 e. The third-order valence-electron chi connectivity index (χ3n) is 3.81. The van der Waals surface area contributed by atoms with Gasteiger partial charge in [0.05, 0.1) is 4.90 Å². The van der Waals surface area contributed by atoms with E-state index in [0.717, 1.165) is 25.7 Å². The summed E-state index contributed by atoms with van der Waals surface area (Å²) < 4.78 is 26.5.